The predicted octanol–water partition coefficient (Wildman–Crippen LogP) is 2.75. The van der Waals surface area contributed by atoms with Gasteiger partial charge in [0.05, 0.1) is 13.4 Å². The number of rotatable bonds is 6. The van der Waals surface area contributed by atoms with Gasteiger partial charge in [0, 0.05) is 19.6 Å². The number of methoxy groups -OCH3 is 1. The smallest absolute Gasteiger partial charge is 0.245 e. The largest absolute Gasteiger partial charge is 0.479 e. The minimum Gasteiger partial charge on any atom is -0.479 e. The van der Waals surface area contributed by atoms with E-state index in [1.54, 1.807) is 7.11 Å². The van der Waals surface area contributed by atoms with Gasteiger partial charge in [0.2, 0.25) is 5.88 Å². The van der Waals surface area contributed by atoms with E-state index in [9.17, 15) is 0 Å². The van der Waals surface area contributed by atoms with Gasteiger partial charge in [0.1, 0.15) is 6.33 Å². The zero-order valence-corrected chi connectivity index (χ0v) is 14.5. The summed E-state index contributed by atoms with van der Waals surface area (Å²) < 4.78 is 7.37. The molecule has 6 nitrogen and oxygen atoms in total. The van der Waals surface area contributed by atoms with Gasteiger partial charge < -0.3 is 9.30 Å². The van der Waals surface area contributed by atoms with Crippen LogP contribution in [0.5, 0.6) is 5.88 Å². The second kappa shape index (κ2) is 7.19. The summed E-state index contributed by atoms with van der Waals surface area (Å²) in [6, 6.07) is 10.7. The van der Waals surface area contributed by atoms with E-state index in [2.05, 4.69) is 54.8 Å². The Labute approximate surface area is 147 Å². The van der Waals surface area contributed by atoms with E-state index in [4.69, 9.17) is 4.74 Å². The van der Waals surface area contributed by atoms with E-state index < -0.39 is 0 Å². The first-order valence-electron chi connectivity index (χ1n) is 8.79. The van der Waals surface area contributed by atoms with Crippen LogP contribution in [-0.4, -0.2) is 44.6 Å². The molecule has 0 amide bonds. The molecule has 3 heterocycles. The molecule has 0 bridgehead atoms. The SMILES string of the molecule is COc1ncnc2c1ncn2CCC1CCN(Cc2ccccc2)C1. The summed E-state index contributed by atoms with van der Waals surface area (Å²) in [6.45, 7) is 4.33. The van der Waals surface area contributed by atoms with Crippen LogP contribution in [-0.2, 0) is 13.1 Å². The lowest BCUT2D eigenvalue weighted by atomic mass is 10.1. The van der Waals surface area contributed by atoms with Crippen LogP contribution in [0, 0.1) is 5.92 Å². The molecule has 4 rings (SSSR count). The van der Waals surface area contributed by atoms with Gasteiger partial charge in [-0.05, 0) is 30.9 Å². The lowest BCUT2D eigenvalue weighted by Crippen LogP contribution is -2.20. The minimum atomic E-state index is 0.540. The molecule has 1 aromatic carbocycles. The molecule has 3 aromatic rings. The van der Waals surface area contributed by atoms with Crippen LogP contribution in [0.4, 0.5) is 0 Å². The van der Waals surface area contributed by atoms with Gasteiger partial charge in [-0.25, -0.2) is 9.97 Å². The Balaban J connectivity index is 1.35. The monoisotopic (exact) mass is 337 g/mol. The Morgan fingerprint density at radius 2 is 2.04 bits per heavy atom. The summed E-state index contributed by atoms with van der Waals surface area (Å²) in [5.74, 6) is 1.27. The van der Waals surface area contributed by atoms with Gasteiger partial charge >= 0.3 is 0 Å². The molecule has 1 atom stereocenters. The Hall–Kier alpha value is -2.47. The molecule has 1 fully saturated rings. The molecule has 0 radical (unpaired) electrons. The van der Waals surface area contributed by atoms with Gasteiger partial charge in [-0.1, -0.05) is 30.3 Å². The number of hydrogen-bond acceptors (Lipinski definition) is 5. The summed E-state index contributed by atoms with van der Waals surface area (Å²) in [5.41, 5.74) is 2.99. The zero-order valence-electron chi connectivity index (χ0n) is 14.5. The fraction of sp³-hybridized carbons (Fsp3) is 0.421. The highest BCUT2D eigenvalue weighted by Gasteiger charge is 2.22. The van der Waals surface area contributed by atoms with Crippen molar-refractivity contribution in [3.05, 3.63) is 48.5 Å². The van der Waals surface area contributed by atoms with Crippen molar-refractivity contribution in [1.29, 1.82) is 0 Å². The van der Waals surface area contributed by atoms with E-state index in [1.165, 1.54) is 31.4 Å². The average molecular weight is 337 g/mol. The summed E-state index contributed by atoms with van der Waals surface area (Å²) in [4.78, 5) is 15.4. The lowest BCUT2D eigenvalue weighted by molar-refractivity contribution is 0.310. The van der Waals surface area contributed by atoms with Gasteiger partial charge in [-0.3, -0.25) is 4.90 Å². The number of fused-ring (bicyclic) bond motifs is 1. The third kappa shape index (κ3) is 3.49. The van der Waals surface area contributed by atoms with E-state index in [0.717, 1.165) is 36.6 Å². The minimum absolute atomic E-state index is 0.540. The second-order valence-corrected chi connectivity index (χ2v) is 6.66. The molecule has 2 aromatic heterocycles. The van der Waals surface area contributed by atoms with Gasteiger partial charge in [-0.2, -0.15) is 4.98 Å². The lowest BCUT2D eigenvalue weighted by Gasteiger charge is -2.16. The molecular weight excluding hydrogens is 314 g/mol. The number of aryl methyl sites for hydroxylation is 1. The van der Waals surface area contributed by atoms with Crippen molar-refractivity contribution in [1.82, 2.24) is 24.4 Å². The summed E-state index contributed by atoms with van der Waals surface area (Å²) in [6.07, 6.45) is 5.79. The number of likely N-dealkylation sites (tertiary alicyclic amines) is 1. The molecule has 1 saturated heterocycles. The maximum Gasteiger partial charge on any atom is 0.245 e. The number of aromatic nitrogens is 4. The van der Waals surface area contributed by atoms with Crippen molar-refractivity contribution in [2.24, 2.45) is 5.92 Å². The standard InChI is InChI=1S/C19H23N5O/c1-25-19-17-18(20-13-21-19)24(14-22-17)10-8-16-7-9-23(12-16)11-15-5-3-2-4-6-15/h2-6,13-14,16H,7-12H2,1H3. The molecule has 130 valence electrons. The third-order valence-electron chi connectivity index (χ3n) is 4.96. The van der Waals surface area contributed by atoms with Crippen LogP contribution in [0.2, 0.25) is 0 Å². The highest BCUT2D eigenvalue weighted by Crippen LogP contribution is 2.24. The van der Waals surface area contributed by atoms with Gasteiger partial charge in [-0.15, -0.1) is 0 Å². The molecule has 0 saturated carbocycles. The first kappa shape index (κ1) is 16.0. The van der Waals surface area contributed by atoms with E-state index >= 15 is 0 Å². The first-order chi connectivity index (χ1) is 12.3. The molecular formula is C19H23N5O. The van der Waals surface area contributed by atoms with Crippen molar-refractivity contribution in [3.8, 4) is 5.88 Å². The quantitative estimate of drug-likeness (QED) is 0.692. The Morgan fingerprint density at radius 3 is 2.88 bits per heavy atom. The number of hydrogen-bond donors (Lipinski definition) is 0. The van der Waals surface area contributed by atoms with Crippen molar-refractivity contribution in [3.63, 3.8) is 0 Å². The summed E-state index contributed by atoms with van der Waals surface area (Å²) in [5, 5.41) is 0. The van der Waals surface area contributed by atoms with Crippen molar-refractivity contribution >= 4 is 11.2 Å². The molecule has 0 spiro atoms. The number of benzene rings is 1. The maximum atomic E-state index is 5.26. The molecule has 1 aliphatic rings. The van der Waals surface area contributed by atoms with Crippen LogP contribution in [0.1, 0.15) is 18.4 Å². The zero-order chi connectivity index (χ0) is 17.1. The van der Waals surface area contributed by atoms with E-state index in [1.807, 2.05) is 6.33 Å². The van der Waals surface area contributed by atoms with Crippen molar-refractivity contribution in [2.45, 2.75) is 25.9 Å². The normalized spacial score (nSPS) is 18.0. The second-order valence-electron chi connectivity index (χ2n) is 6.66. The topological polar surface area (TPSA) is 56.1 Å². The average Bonchev–Trinajstić information content (AvgIpc) is 3.27. The van der Waals surface area contributed by atoms with Gasteiger partial charge in [0.15, 0.2) is 11.2 Å². The summed E-state index contributed by atoms with van der Waals surface area (Å²) >= 11 is 0. The number of imidazole rings is 1. The van der Waals surface area contributed by atoms with Crippen LogP contribution < -0.4 is 4.74 Å². The van der Waals surface area contributed by atoms with Crippen LogP contribution in [0.25, 0.3) is 11.2 Å². The van der Waals surface area contributed by atoms with Crippen LogP contribution >= 0.6 is 0 Å². The van der Waals surface area contributed by atoms with E-state index in [0.29, 0.717) is 5.88 Å². The molecule has 1 unspecified atom stereocenters. The number of ether oxygens (including phenoxy) is 1. The molecule has 1 aliphatic heterocycles. The Kier molecular flexibility index (Phi) is 4.61. The Morgan fingerprint density at radius 1 is 1.16 bits per heavy atom. The molecule has 0 aliphatic carbocycles. The Bertz CT molecular complexity index is 832. The highest BCUT2D eigenvalue weighted by molar-refractivity contribution is 5.75. The first-order valence-corrected chi connectivity index (χ1v) is 8.79. The summed E-state index contributed by atoms with van der Waals surface area (Å²) in [7, 11) is 1.61. The molecule has 6 heteroatoms. The van der Waals surface area contributed by atoms with Crippen molar-refractivity contribution in [2.75, 3.05) is 20.2 Å². The fourth-order valence-electron chi connectivity index (χ4n) is 3.63. The number of nitrogens with zero attached hydrogens (tertiary/aromatic N) is 5. The molecule has 0 N–H and O–H groups in total. The maximum absolute atomic E-state index is 5.26. The molecule has 25 heavy (non-hydrogen) atoms. The van der Waals surface area contributed by atoms with Crippen LogP contribution in [0.3, 0.4) is 0 Å². The fourth-order valence-corrected chi connectivity index (χ4v) is 3.63. The van der Waals surface area contributed by atoms with Crippen molar-refractivity contribution < 1.29 is 4.74 Å². The third-order valence-corrected chi connectivity index (χ3v) is 4.96. The van der Waals surface area contributed by atoms with Crippen LogP contribution in [0.15, 0.2) is 43.0 Å². The van der Waals surface area contributed by atoms with Gasteiger partial charge in [0.25, 0.3) is 0 Å². The van der Waals surface area contributed by atoms with E-state index in [-0.39, 0.29) is 0 Å². The predicted molar refractivity (Wildman–Crippen MR) is 96.3 cm³/mol. The highest BCUT2D eigenvalue weighted by atomic mass is 16.5.